The third-order valence-electron chi connectivity index (χ3n) is 2.29. The lowest BCUT2D eigenvalue weighted by Crippen LogP contribution is -2.39. The summed E-state index contributed by atoms with van der Waals surface area (Å²) >= 11 is 5.63. The number of amides is 1. The molecule has 0 rings (SSSR count). The van der Waals surface area contributed by atoms with E-state index < -0.39 is 13.0 Å². The van der Waals surface area contributed by atoms with E-state index in [9.17, 15) is 13.6 Å². The van der Waals surface area contributed by atoms with Gasteiger partial charge in [-0.25, -0.2) is 8.78 Å². The van der Waals surface area contributed by atoms with Crippen LogP contribution in [0.4, 0.5) is 8.78 Å². The van der Waals surface area contributed by atoms with Crippen molar-refractivity contribution < 1.29 is 18.3 Å². The summed E-state index contributed by atoms with van der Waals surface area (Å²) in [5, 5.41) is 2.81. The highest BCUT2D eigenvalue weighted by Crippen LogP contribution is 2.07. The first-order valence-corrected chi connectivity index (χ1v) is 6.22. The highest BCUT2D eigenvalue weighted by molar-refractivity contribution is 6.17. The minimum absolute atomic E-state index is 0.0157. The number of nitrogens with one attached hydrogen (secondary N) is 1. The lowest BCUT2D eigenvalue weighted by molar-refractivity contribution is -0.123. The average Bonchev–Trinajstić information content (AvgIpc) is 2.23. The summed E-state index contributed by atoms with van der Waals surface area (Å²) in [6, 6.07) is 0.0232. The average molecular weight is 272 g/mol. The number of carbonyl (C=O) groups is 1. The molecule has 3 nitrogen and oxygen atoms in total. The Morgan fingerprint density at radius 3 is 2.53 bits per heavy atom. The highest BCUT2D eigenvalue weighted by Gasteiger charge is 2.15. The van der Waals surface area contributed by atoms with Gasteiger partial charge in [0.15, 0.2) is 0 Å². The van der Waals surface area contributed by atoms with Gasteiger partial charge >= 0.3 is 0 Å². The Bertz CT molecular complexity index is 216. The lowest BCUT2D eigenvalue weighted by atomic mass is 10.0. The SMILES string of the molecule is CC(C)C(CCCl)NC(=O)CCOCC(F)F. The van der Waals surface area contributed by atoms with E-state index in [1.807, 2.05) is 13.8 Å². The largest absolute Gasteiger partial charge is 0.375 e. The van der Waals surface area contributed by atoms with Gasteiger partial charge in [0, 0.05) is 18.3 Å². The summed E-state index contributed by atoms with van der Waals surface area (Å²) in [6.45, 7) is 3.38. The molecule has 0 radical (unpaired) electrons. The first kappa shape index (κ1) is 16.6. The minimum Gasteiger partial charge on any atom is -0.375 e. The third kappa shape index (κ3) is 9.30. The fourth-order valence-electron chi connectivity index (χ4n) is 1.31. The maximum atomic E-state index is 11.7. The molecular formula is C11H20ClF2NO2. The maximum absolute atomic E-state index is 11.7. The molecule has 0 fully saturated rings. The minimum atomic E-state index is -2.49. The molecule has 0 spiro atoms. The van der Waals surface area contributed by atoms with Crippen LogP contribution in [0.3, 0.4) is 0 Å². The van der Waals surface area contributed by atoms with Gasteiger partial charge < -0.3 is 10.1 Å². The maximum Gasteiger partial charge on any atom is 0.261 e. The van der Waals surface area contributed by atoms with Crippen LogP contribution in [0.5, 0.6) is 0 Å². The zero-order valence-corrected chi connectivity index (χ0v) is 11.0. The zero-order valence-electron chi connectivity index (χ0n) is 10.2. The van der Waals surface area contributed by atoms with Crippen molar-refractivity contribution in [3.8, 4) is 0 Å². The van der Waals surface area contributed by atoms with Gasteiger partial charge in [-0.2, -0.15) is 0 Å². The molecule has 0 aliphatic rings. The second-order valence-corrected chi connectivity index (χ2v) is 4.49. The van der Waals surface area contributed by atoms with Crippen molar-refractivity contribution in [1.29, 1.82) is 0 Å². The fraction of sp³-hybridized carbons (Fsp3) is 0.909. The standard InChI is InChI=1S/C11H20ClF2NO2/c1-8(2)9(3-5-12)15-11(16)4-6-17-7-10(13)14/h8-10H,3-7H2,1-2H3,(H,15,16). The molecule has 1 atom stereocenters. The molecule has 0 heterocycles. The molecule has 0 bridgehead atoms. The molecule has 1 unspecified atom stereocenters. The molecule has 0 aliphatic carbocycles. The molecule has 0 aromatic heterocycles. The number of halogens is 3. The number of hydrogen-bond donors (Lipinski definition) is 1. The smallest absolute Gasteiger partial charge is 0.261 e. The van der Waals surface area contributed by atoms with Crippen molar-refractivity contribution >= 4 is 17.5 Å². The Morgan fingerprint density at radius 2 is 2.06 bits per heavy atom. The summed E-state index contributed by atoms with van der Waals surface area (Å²) in [7, 11) is 0. The van der Waals surface area contributed by atoms with Crippen LogP contribution in [0.1, 0.15) is 26.7 Å². The number of hydrogen-bond acceptors (Lipinski definition) is 2. The summed E-state index contributed by atoms with van der Waals surface area (Å²) in [4.78, 5) is 11.5. The molecule has 0 aromatic rings. The van der Waals surface area contributed by atoms with Crippen LogP contribution < -0.4 is 5.32 Å². The van der Waals surface area contributed by atoms with E-state index in [0.29, 0.717) is 18.2 Å². The molecule has 1 amide bonds. The summed E-state index contributed by atoms with van der Waals surface area (Å²) in [5.41, 5.74) is 0. The Balaban J connectivity index is 3.75. The van der Waals surface area contributed by atoms with Crippen molar-refractivity contribution in [2.24, 2.45) is 5.92 Å². The monoisotopic (exact) mass is 271 g/mol. The van der Waals surface area contributed by atoms with E-state index in [1.54, 1.807) is 0 Å². The molecule has 102 valence electrons. The highest BCUT2D eigenvalue weighted by atomic mass is 35.5. The zero-order chi connectivity index (χ0) is 13.3. The molecule has 0 saturated heterocycles. The van der Waals surface area contributed by atoms with E-state index in [2.05, 4.69) is 10.1 Å². The Kier molecular flexibility index (Phi) is 9.36. The van der Waals surface area contributed by atoms with Gasteiger partial charge in [-0.15, -0.1) is 11.6 Å². The van der Waals surface area contributed by atoms with Crippen LogP contribution >= 0.6 is 11.6 Å². The van der Waals surface area contributed by atoms with E-state index in [1.165, 1.54) is 0 Å². The number of carbonyl (C=O) groups excluding carboxylic acids is 1. The molecule has 0 aliphatic heterocycles. The van der Waals surface area contributed by atoms with Gasteiger partial charge in [-0.05, 0) is 12.3 Å². The quantitative estimate of drug-likeness (QED) is 0.517. The predicted octanol–water partition coefficient (Wildman–Crippen LogP) is 2.43. The topological polar surface area (TPSA) is 38.3 Å². The first-order chi connectivity index (χ1) is 7.97. The molecule has 6 heteroatoms. The third-order valence-corrected chi connectivity index (χ3v) is 2.51. The Morgan fingerprint density at radius 1 is 1.41 bits per heavy atom. The van der Waals surface area contributed by atoms with E-state index >= 15 is 0 Å². The Labute approximate surface area is 106 Å². The van der Waals surface area contributed by atoms with Crippen LogP contribution in [-0.4, -0.2) is 37.5 Å². The number of rotatable bonds is 9. The molecule has 0 saturated carbocycles. The van der Waals surface area contributed by atoms with Crippen molar-refractivity contribution in [3.05, 3.63) is 0 Å². The van der Waals surface area contributed by atoms with Crippen LogP contribution in [-0.2, 0) is 9.53 Å². The van der Waals surface area contributed by atoms with E-state index in [0.717, 1.165) is 0 Å². The second-order valence-electron chi connectivity index (χ2n) is 4.11. The van der Waals surface area contributed by atoms with Gasteiger partial charge in [0.25, 0.3) is 6.43 Å². The van der Waals surface area contributed by atoms with Crippen molar-refractivity contribution in [1.82, 2.24) is 5.32 Å². The summed E-state index contributed by atoms with van der Waals surface area (Å²) in [5.74, 6) is 0.577. The molecule has 17 heavy (non-hydrogen) atoms. The van der Waals surface area contributed by atoms with Crippen molar-refractivity contribution in [3.63, 3.8) is 0 Å². The van der Waals surface area contributed by atoms with Gasteiger partial charge in [-0.1, -0.05) is 13.8 Å². The van der Waals surface area contributed by atoms with Gasteiger partial charge in [0.2, 0.25) is 5.91 Å². The van der Waals surface area contributed by atoms with Crippen LogP contribution in [0.15, 0.2) is 0 Å². The first-order valence-electron chi connectivity index (χ1n) is 5.68. The normalized spacial score (nSPS) is 13.1. The Hall–Kier alpha value is -0.420. The van der Waals surface area contributed by atoms with Gasteiger partial charge in [0.1, 0.15) is 6.61 Å². The molecule has 1 N–H and O–H groups in total. The van der Waals surface area contributed by atoms with Crippen LogP contribution in [0.25, 0.3) is 0 Å². The number of ether oxygens (including phenoxy) is 1. The van der Waals surface area contributed by atoms with Crippen LogP contribution in [0, 0.1) is 5.92 Å². The fourth-order valence-corrected chi connectivity index (χ4v) is 1.54. The van der Waals surface area contributed by atoms with Gasteiger partial charge in [-0.3, -0.25) is 4.79 Å². The lowest BCUT2D eigenvalue weighted by Gasteiger charge is -2.21. The van der Waals surface area contributed by atoms with Crippen molar-refractivity contribution in [2.75, 3.05) is 19.1 Å². The van der Waals surface area contributed by atoms with Crippen LogP contribution in [0.2, 0.25) is 0 Å². The molecular weight excluding hydrogens is 252 g/mol. The van der Waals surface area contributed by atoms with Gasteiger partial charge in [0.05, 0.1) is 6.61 Å². The predicted molar refractivity (Wildman–Crippen MR) is 63.5 cm³/mol. The second kappa shape index (κ2) is 9.59. The molecule has 0 aromatic carbocycles. The number of alkyl halides is 3. The van der Waals surface area contributed by atoms with E-state index in [-0.39, 0.29) is 25.0 Å². The summed E-state index contributed by atoms with van der Waals surface area (Å²) < 4.78 is 28.1. The summed E-state index contributed by atoms with van der Waals surface area (Å²) in [6.07, 6.45) is -1.70. The van der Waals surface area contributed by atoms with Crippen molar-refractivity contribution in [2.45, 2.75) is 39.2 Å². The van der Waals surface area contributed by atoms with E-state index in [4.69, 9.17) is 11.6 Å².